The van der Waals surface area contributed by atoms with Gasteiger partial charge in [0.05, 0.1) is 17.1 Å². The van der Waals surface area contributed by atoms with E-state index in [9.17, 15) is 0 Å². The van der Waals surface area contributed by atoms with Gasteiger partial charge in [-0.1, -0.05) is 71.7 Å². The van der Waals surface area contributed by atoms with E-state index >= 15 is 0 Å². The highest BCUT2D eigenvalue weighted by atomic mass is 35.5. The van der Waals surface area contributed by atoms with Crippen molar-refractivity contribution in [2.45, 2.75) is 32.1 Å². The molecule has 0 radical (unpaired) electrons. The second-order valence-electron chi connectivity index (χ2n) is 9.16. The smallest absolute Gasteiger partial charge is 0.0743 e. The summed E-state index contributed by atoms with van der Waals surface area (Å²) in [5.74, 6) is 0.459. The summed E-state index contributed by atoms with van der Waals surface area (Å²) in [7, 11) is 0. The summed E-state index contributed by atoms with van der Waals surface area (Å²) >= 11 is 12.6. The third kappa shape index (κ3) is 5.22. The van der Waals surface area contributed by atoms with E-state index in [-0.39, 0.29) is 0 Å². The standard InChI is InChI=1S/C29H29Cl2N3/c1-21-7-12-26(19-27(21)31)34-29(24-8-10-25(30)11-9-24)20-28(32-34)23-14-17-33(18-15-23)16-13-22-5-3-2-4-6-22/h2-12,19-20,23H,13-18H2,1H3. The molecule has 0 amide bonds. The first-order valence-corrected chi connectivity index (χ1v) is 12.7. The maximum Gasteiger partial charge on any atom is 0.0743 e. The first-order chi connectivity index (χ1) is 16.6. The topological polar surface area (TPSA) is 21.1 Å². The summed E-state index contributed by atoms with van der Waals surface area (Å²) in [6.07, 6.45) is 3.36. The van der Waals surface area contributed by atoms with Crippen LogP contribution in [0, 0.1) is 6.92 Å². The molecule has 34 heavy (non-hydrogen) atoms. The van der Waals surface area contributed by atoms with Crippen LogP contribution < -0.4 is 0 Å². The highest BCUT2D eigenvalue weighted by Gasteiger charge is 2.24. The van der Waals surface area contributed by atoms with Crippen LogP contribution in [-0.2, 0) is 6.42 Å². The van der Waals surface area contributed by atoms with Crippen LogP contribution in [0.3, 0.4) is 0 Å². The number of likely N-dealkylation sites (tertiary alicyclic amines) is 1. The third-order valence-corrected chi connectivity index (χ3v) is 7.49. The number of nitrogens with zero attached hydrogens (tertiary/aromatic N) is 3. The Morgan fingerprint density at radius 2 is 1.62 bits per heavy atom. The number of halogens is 2. The number of piperidine rings is 1. The highest BCUT2D eigenvalue weighted by Crippen LogP contribution is 2.33. The molecule has 0 N–H and O–H groups in total. The summed E-state index contributed by atoms with van der Waals surface area (Å²) in [5.41, 5.74) is 6.77. The van der Waals surface area contributed by atoms with Gasteiger partial charge >= 0.3 is 0 Å². The maximum absolute atomic E-state index is 6.46. The van der Waals surface area contributed by atoms with Gasteiger partial charge in [-0.3, -0.25) is 0 Å². The molecule has 5 rings (SSSR count). The number of rotatable bonds is 6. The predicted molar refractivity (Wildman–Crippen MR) is 142 cm³/mol. The quantitative estimate of drug-likeness (QED) is 0.278. The van der Waals surface area contributed by atoms with E-state index in [1.807, 2.05) is 29.8 Å². The van der Waals surface area contributed by atoms with Crippen LogP contribution in [0.2, 0.25) is 10.0 Å². The Morgan fingerprint density at radius 1 is 0.882 bits per heavy atom. The van der Waals surface area contributed by atoms with Crippen LogP contribution in [0.15, 0.2) is 78.9 Å². The van der Waals surface area contributed by atoms with Crippen molar-refractivity contribution in [1.82, 2.24) is 14.7 Å². The molecule has 0 unspecified atom stereocenters. The minimum atomic E-state index is 0.459. The van der Waals surface area contributed by atoms with Crippen LogP contribution in [0.1, 0.15) is 35.6 Å². The number of hydrogen-bond donors (Lipinski definition) is 0. The van der Waals surface area contributed by atoms with Crippen molar-refractivity contribution < 1.29 is 0 Å². The molecule has 0 saturated carbocycles. The van der Waals surface area contributed by atoms with Crippen LogP contribution >= 0.6 is 23.2 Å². The predicted octanol–water partition coefficient (Wildman–Crippen LogP) is 7.58. The van der Waals surface area contributed by atoms with Gasteiger partial charge in [0.25, 0.3) is 0 Å². The van der Waals surface area contributed by atoms with Crippen molar-refractivity contribution in [3.63, 3.8) is 0 Å². The molecule has 174 valence electrons. The molecule has 3 aromatic carbocycles. The SMILES string of the molecule is Cc1ccc(-n2nc(C3CCN(CCc4ccccc4)CC3)cc2-c2ccc(Cl)cc2)cc1Cl. The zero-order valence-electron chi connectivity index (χ0n) is 19.4. The van der Waals surface area contributed by atoms with Crippen LogP contribution in [0.4, 0.5) is 0 Å². The second-order valence-corrected chi connectivity index (χ2v) is 10.0. The Kier molecular flexibility index (Phi) is 7.05. The van der Waals surface area contributed by atoms with Crippen molar-refractivity contribution >= 4 is 23.2 Å². The van der Waals surface area contributed by atoms with E-state index in [1.165, 1.54) is 5.56 Å². The first-order valence-electron chi connectivity index (χ1n) is 12.0. The zero-order valence-corrected chi connectivity index (χ0v) is 20.9. The van der Waals surface area contributed by atoms with Gasteiger partial charge in [-0.2, -0.15) is 5.10 Å². The second kappa shape index (κ2) is 10.4. The fourth-order valence-corrected chi connectivity index (χ4v) is 5.02. The van der Waals surface area contributed by atoms with Gasteiger partial charge in [-0.15, -0.1) is 0 Å². The number of aryl methyl sites for hydroxylation is 1. The van der Waals surface area contributed by atoms with Crippen LogP contribution in [-0.4, -0.2) is 34.3 Å². The molecule has 0 atom stereocenters. The lowest BCUT2D eigenvalue weighted by Crippen LogP contribution is -2.34. The summed E-state index contributed by atoms with van der Waals surface area (Å²) < 4.78 is 2.03. The molecular weight excluding hydrogens is 461 g/mol. The zero-order chi connectivity index (χ0) is 23.5. The molecule has 1 aromatic heterocycles. The lowest BCUT2D eigenvalue weighted by molar-refractivity contribution is 0.213. The average Bonchev–Trinajstić information content (AvgIpc) is 3.31. The van der Waals surface area contributed by atoms with E-state index in [2.05, 4.69) is 65.6 Å². The van der Waals surface area contributed by atoms with E-state index in [1.54, 1.807) is 0 Å². The Balaban J connectivity index is 1.36. The maximum atomic E-state index is 6.46. The van der Waals surface area contributed by atoms with Gasteiger partial charge in [-0.25, -0.2) is 4.68 Å². The monoisotopic (exact) mass is 489 g/mol. The fraction of sp³-hybridized carbons (Fsp3) is 0.276. The van der Waals surface area contributed by atoms with Gasteiger partial charge < -0.3 is 4.90 Å². The molecule has 1 aliphatic rings. The normalized spacial score (nSPS) is 15.0. The minimum Gasteiger partial charge on any atom is -0.303 e. The molecule has 1 fully saturated rings. The first kappa shape index (κ1) is 23.2. The Hall–Kier alpha value is -2.59. The van der Waals surface area contributed by atoms with Crippen molar-refractivity contribution in [2.24, 2.45) is 0 Å². The lowest BCUT2D eigenvalue weighted by Gasteiger charge is -2.31. The van der Waals surface area contributed by atoms with E-state index in [0.29, 0.717) is 5.92 Å². The number of benzene rings is 3. The Labute approximate surface area is 211 Å². The third-order valence-electron chi connectivity index (χ3n) is 6.83. The molecule has 2 heterocycles. The molecule has 4 aromatic rings. The summed E-state index contributed by atoms with van der Waals surface area (Å²) in [5, 5.41) is 6.58. The molecule has 0 spiro atoms. The lowest BCUT2D eigenvalue weighted by atomic mass is 9.93. The molecule has 1 aliphatic heterocycles. The Bertz CT molecular complexity index is 1240. The molecule has 0 aliphatic carbocycles. The van der Waals surface area contributed by atoms with Crippen molar-refractivity contribution in [3.8, 4) is 16.9 Å². The van der Waals surface area contributed by atoms with Gasteiger partial charge in [0.15, 0.2) is 0 Å². The minimum absolute atomic E-state index is 0.459. The highest BCUT2D eigenvalue weighted by molar-refractivity contribution is 6.31. The number of hydrogen-bond acceptors (Lipinski definition) is 2. The van der Waals surface area contributed by atoms with Gasteiger partial charge in [0.2, 0.25) is 0 Å². The van der Waals surface area contributed by atoms with Crippen molar-refractivity contribution in [2.75, 3.05) is 19.6 Å². The summed E-state index contributed by atoms with van der Waals surface area (Å²) in [6, 6.07) is 27.1. The molecular formula is C29H29Cl2N3. The van der Waals surface area contributed by atoms with Crippen molar-refractivity contribution in [1.29, 1.82) is 0 Å². The van der Waals surface area contributed by atoms with Gasteiger partial charge in [0, 0.05) is 28.1 Å². The molecule has 0 bridgehead atoms. The van der Waals surface area contributed by atoms with Crippen LogP contribution in [0.25, 0.3) is 16.9 Å². The number of aromatic nitrogens is 2. The fourth-order valence-electron chi connectivity index (χ4n) is 4.72. The van der Waals surface area contributed by atoms with Crippen LogP contribution in [0.5, 0.6) is 0 Å². The molecule has 1 saturated heterocycles. The average molecular weight is 490 g/mol. The largest absolute Gasteiger partial charge is 0.303 e. The summed E-state index contributed by atoms with van der Waals surface area (Å²) in [6.45, 7) is 5.35. The molecule has 3 nitrogen and oxygen atoms in total. The Morgan fingerprint density at radius 3 is 2.32 bits per heavy atom. The van der Waals surface area contributed by atoms with E-state index < -0.39 is 0 Å². The van der Waals surface area contributed by atoms with E-state index in [0.717, 1.165) is 77.1 Å². The summed E-state index contributed by atoms with van der Waals surface area (Å²) in [4.78, 5) is 2.58. The molecule has 5 heteroatoms. The van der Waals surface area contributed by atoms with Gasteiger partial charge in [0.1, 0.15) is 0 Å². The van der Waals surface area contributed by atoms with E-state index in [4.69, 9.17) is 28.3 Å². The van der Waals surface area contributed by atoms with Gasteiger partial charge in [-0.05, 0) is 80.7 Å². The van der Waals surface area contributed by atoms with Crippen molar-refractivity contribution in [3.05, 3.63) is 106 Å².